The van der Waals surface area contributed by atoms with Crippen LogP contribution < -0.4 is 5.32 Å². The van der Waals surface area contributed by atoms with Crippen LogP contribution in [0.25, 0.3) is 0 Å². The third-order valence-corrected chi connectivity index (χ3v) is 2.78. The van der Waals surface area contributed by atoms with Gasteiger partial charge in [-0.05, 0) is 25.9 Å². The number of sulfone groups is 1. The topological polar surface area (TPSA) is 75.6 Å². The van der Waals surface area contributed by atoms with E-state index in [1.807, 2.05) is 0 Å². The molecule has 0 rings (SSSR count). The molecule has 0 bridgehead atoms. The lowest BCUT2D eigenvalue weighted by atomic mass is 10.4. The molecule has 0 amide bonds. The largest absolute Gasteiger partial charge is 0.394 e. The normalized spacial score (nSPS) is 11.9. The van der Waals surface area contributed by atoms with E-state index in [4.69, 9.17) is 9.84 Å². The molecule has 0 fully saturated rings. The molecule has 0 aliphatic carbocycles. The van der Waals surface area contributed by atoms with Crippen molar-refractivity contribution in [3.63, 3.8) is 0 Å². The zero-order valence-electron chi connectivity index (χ0n) is 9.24. The van der Waals surface area contributed by atoms with E-state index in [9.17, 15) is 8.42 Å². The van der Waals surface area contributed by atoms with Crippen LogP contribution in [0, 0.1) is 0 Å². The first-order valence-electron chi connectivity index (χ1n) is 5.13. The van der Waals surface area contributed by atoms with Crippen LogP contribution in [-0.2, 0) is 14.6 Å². The van der Waals surface area contributed by atoms with E-state index < -0.39 is 9.84 Å². The van der Waals surface area contributed by atoms with Crippen molar-refractivity contribution in [2.75, 3.05) is 44.9 Å². The average molecular weight is 239 g/mol. The Morgan fingerprint density at radius 2 is 1.87 bits per heavy atom. The van der Waals surface area contributed by atoms with Gasteiger partial charge >= 0.3 is 0 Å². The first-order chi connectivity index (χ1) is 7.06. The Labute approximate surface area is 91.7 Å². The highest BCUT2D eigenvalue weighted by atomic mass is 32.2. The van der Waals surface area contributed by atoms with Gasteiger partial charge in [-0.2, -0.15) is 0 Å². The highest BCUT2D eigenvalue weighted by Gasteiger charge is 2.00. The summed E-state index contributed by atoms with van der Waals surface area (Å²) >= 11 is 0. The number of aliphatic hydroxyl groups excluding tert-OH is 1. The van der Waals surface area contributed by atoms with Crippen LogP contribution in [0.5, 0.6) is 0 Å². The summed E-state index contributed by atoms with van der Waals surface area (Å²) < 4.78 is 26.6. The van der Waals surface area contributed by atoms with Crippen molar-refractivity contribution in [3.8, 4) is 0 Å². The van der Waals surface area contributed by atoms with Crippen molar-refractivity contribution in [3.05, 3.63) is 0 Å². The number of hydrogen-bond donors (Lipinski definition) is 2. The maximum atomic E-state index is 10.8. The van der Waals surface area contributed by atoms with Crippen LogP contribution >= 0.6 is 0 Å². The fourth-order valence-electron chi connectivity index (χ4n) is 1.05. The van der Waals surface area contributed by atoms with E-state index in [1.165, 1.54) is 6.26 Å². The molecule has 5 nitrogen and oxygen atoms in total. The molecule has 92 valence electrons. The number of aliphatic hydroxyl groups is 1. The quantitative estimate of drug-likeness (QED) is 0.498. The lowest BCUT2D eigenvalue weighted by molar-refractivity contribution is 0.0908. The second-order valence-corrected chi connectivity index (χ2v) is 5.68. The number of rotatable bonds is 10. The highest BCUT2D eigenvalue weighted by molar-refractivity contribution is 7.90. The summed E-state index contributed by atoms with van der Waals surface area (Å²) in [6.45, 7) is 2.60. The molecule has 0 aliphatic heterocycles. The Kier molecular flexibility index (Phi) is 8.98. The molecule has 0 aromatic heterocycles. The molecule has 0 saturated heterocycles. The standard InChI is InChI=1S/C9H21NO4S/c1-15(12,13)9-3-5-10-4-2-7-14-8-6-11/h10-11H,2-9H2,1H3. The molecule has 2 N–H and O–H groups in total. The van der Waals surface area contributed by atoms with Crippen LogP contribution in [0.1, 0.15) is 12.8 Å². The number of ether oxygens (including phenoxy) is 1. The van der Waals surface area contributed by atoms with Crippen molar-refractivity contribution in [1.82, 2.24) is 5.32 Å². The van der Waals surface area contributed by atoms with Crippen molar-refractivity contribution in [2.24, 2.45) is 0 Å². The Balaban J connectivity index is 3.06. The Morgan fingerprint density at radius 3 is 2.47 bits per heavy atom. The van der Waals surface area contributed by atoms with Crippen LogP contribution in [0.2, 0.25) is 0 Å². The van der Waals surface area contributed by atoms with Crippen LogP contribution in [0.15, 0.2) is 0 Å². The van der Waals surface area contributed by atoms with Gasteiger partial charge in [-0.15, -0.1) is 0 Å². The van der Waals surface area contributed by atoms with Gasteiger partial charge in [0.2, 0.25) is 0 Å². The molecule has 0 saturated carbocycles. The Hall–Kier alpha value is -0.170. The van der Waals surface area contributed by atoms with Crippen molar-refractivity contribution < 1.29 is 18.3 Å². The van der Waals surface area contributed by atoms with E-state index >= 15 is 0 Å². The second-order valence-electron chi connectivity index (χ2n) is 3.42. The molecule has 0 heterocycles. The van der Waals surface area contributed by atoms with Gasteiger partial charge in [0.25, 0.3) is 0 Å². The average Bonchev–Trinajstić information content (AvgIpc) is 2.14. The molecule has 0 aliphatic rings. The van der Waals surface area contributed by atoms with E-state index in [1.54, 1.807) is 0 Å². The summed E-state index contributed by atoms with van der Waals surface area (Å²) in [4.78, 5) is 0. The minimum absolute atomic E-state index is 0.0573. The third-order valence-electron chi connectivity index (χ3n) is 1.75. The SMILES string of the molecule is CS(=O)(=O)CCCNCCCOCCO. The minimum atomic E-state index is -2.82. The van der Waals surface area contributed by atoms with Gasteiger partial charge in [-0.1, -0.05) is 0 Å². The van der Waals surface area contributed by atoms with Gasteiger partial charge in [-0.25, -0.2) is 8.42 Å². The van der Waals surface area contributed by atoms with Crippen LogP contribution in [0.3, 0.4) is 0 Å². The van der Waals surface area contributed by atoms with Gasteiger partial charge in [0.1, 0.15) is 9.84 Å². The summed E-state index contributed by atoms with van der Waals surface area (Å²) in [6, 6.07) is 0. The zero-order chi connectivity index (χ0) is 11.6. The molecule has 0 aromatic carbocycles. The van der Waals surface area contributed by atoms with E-state index in [0.717, 1.165) is 13.0 Å². The fourth-order valence-corrected chi connectivity index (χ4v) is 1.72. The minimum Gasteiger partial charge on any atom is -0.394 e. The van der Waals surface area contributed by atoms with Gasteiger partial charge < -0.3 is 15.2 Å². The van der Waals surface area contributed by atoms with Gasteiger partial charge in [0, 0.05) is 12.9 Å². The molecule has 0 aromatic rings. The maximum Gasteiger partial charge on any atom is 0.147 e. The lowest BCUT2D eigenvalue weighted by Gasteiger charge is -2.04. The summed E-state index contributed by atoms with van der Waals surface area (Å²) in [6.07, 6.45) is 2.77. The fraction of sp³-hybridized carbons (Fsp3) is 1.00. The van der Waals surface area contributed by atoms with Gasteiger partial charge in [-0.3, -0.25) is 0 Å². The molecule has 6 heteroatoms. The van der Waals surface area contributed by atoms with Gasteiger partial charge in [0.05, 0.1) is 19.0 Å². The third kappa shape index (κ3) is 13.8. The van der Waals surface area contributed by atoms with Crippen LogP contribution in [0.4, 0.5) is 0 Å². The second kappa shape index (κ2) is 9.08. The Morgan fingerprint density at radius 1 is 1.20 bits per heavy atom. The zero-order valence-corrected chi connectivity index (χ0v) is 10.1. The molecule has 15 heavy (non-hydrogen) atoms. The smallest absolute Gasteiger partial charge is 0.147 e. The van der Waals surface area contributed by atoms with Crippen molar-refractivity contribution in [2.45, 2.75) is 12.8 Å². The Bertz CT molecular complexity index is 228. The molecule has 0 radical (unpaired) electrons. The summed E-state index contributed by atoms with van der Waals surface area (Å²) in [7, 11) is -2.82. The maximum absolute atomic E-state index is 10.8. The summed E-state index contributed by atoms with van der Waals surface area (Å²) in [5.74, 6) is 0.237. The molecule has 0 spiro atoms. The molecule has 0 unspecified atom stereocenters. The summed E-state index contributed by atoms with van der Waals surface area (Å²) in [5.41, 5.74) is 0. The van der Waals surface area contributed by atoms with E-state index in [2.05, 4.69) is 5.32 Å². The van der Waals surface area contributed by atoms with E-state index in [-0.39, 0.29) is 12.4 Å². The lowest BCUT2D eigenvalue weighted by Crippen LogP contribution is -2.20. The van der Waals surface area contributed by atoms with Gasteiger partial charge in [0.15, 0.2) is 0 Å². The monoisotopic (exact) mass is 239 g/mol. The first kappa shape index (κ1) is 14.8. The predicted molar refractivity (Wildman–Crippen MR) is 59.7 cm³/mol. The molecule has 0 atom stereocenters. The summed E-state index contributed by atoms with van der Waals surface area (Å²) in [5, 5.41) is 11.5. The number of nitrogens with one attached hydrogen (secondary N) is 1. The van der Waals surface area contributed by atoms with Crippen molar-refractivity contribution >= 4 is 9.84 Å². The first-order valence-corrected chi connectivity index (χ1v) is 7.19. The highest BCUT2D eigenvalue weighted by Crippen LogP contribution is 1.87. The van der Waals surface area contributed by atoms with Crippen LogP contribution in [-0.4, -0.2) is 58.4 Å². The predicted octanol–water partition coefficient (Wildman–Crippen LogP) is -0.590. The molecular weight excluding hydrogens is 218 g/mol. The molecular formula is C9H21NO4S. The van der Waals surface area contributed by atoms with Crippen molar-refractivity contribution in [1.29, 1.82) is 0 Å². The number of hydrogen-bond acceptors (Lipinski definition) is 5. The van der Waals surface area contributed by atoms with E-state index in [0.29, 0.717) is 26.2 Å².